The first-order valence-corrected chi connectivity index (χ1v) is 7.89. The molecule has 3 rings (SSSR count). The van der Waals surface area contributed by atoms with Gasteiger partial charge in [0.15, 0.2) is 0 Å². The van der Waals surface area contributed by atoms with Crippen molar-refractivity contribution in [3.8, 4) is 0 Å². The van der Waals surface area contributed by atoms with E-state index in [1.165, 1.54) is 18.4 Å². The summed E-state index contributed by atoms with van der Waals surface area (Å²) < 4.78 is 5.75. The van der Waals surface area contributed by atoms with E-state index >= 15 is 0 Å². The van der Waals surface area contributed by atoms with E-state index in [-0.39, 0.29) is 5.91 Å². The Labute approximate surface area is 137 Å². The highest BCUT2D eigenvalue weighted by atomic mass is 32.1. The first-order chi connectivity index (χ1) is 11.1. The van der Waals surface area contributed by atoms with Crippen LogP contribution in [0.1, 0.15) is 25.6 Å². The van der Waals surface area contributed by atoms with E-state index in [1.807, 2.05) is 43.3 Å². The molecule has 5 heteroatoms. The molecule has 23 heavy (non-hydrogen) atoms. The van der Waals surface area contributed by atoms with Crippen LogP contribution in [-0.4, -0.2) is 19.0 Å². The molecular formula is C18H15NO3S. The Bertz CT molecular complexity index is 881. The molecule has 3 aromatic rings. The van der Waals surface area contributed by atoms with Gasteiger partial charge in [-0.1, -0.05) is 35.9 Å². The number of benzene rings is 2. The number of carbonyl (C=O) groups excluding carboxylic acids is 2. The highest BCUT2D eigenvalue weighted by Gasteiger charge is 2.21. The summed E-state index contributed by atoms with van der Waals surface area (Å²) in [4.78, 5) is 24.9. The second kappa shape index (κ2) is 6.22. The van der Waals surface area contributed by atoms with Crippen LogP contribution in [0.5, 0.6) is 0 Å². The van der Waals surface area contributed by atoms with Crippen molar-refractivity contribution in [3.05, 3.63) is 64.5 Å². The number of aryl methyl sites for hydroxylation is 1. The first kappa shape index (κ1) is 15.2. The Morgan fingerprint density at radius 2 is 1.74 bits per heavy atom. The molecule has 0 unspecified atom stereocenters. The standard InChI is InChI=1S/C18H15NO3S/c1-11-7-9-12(10-8-11)17(20)19-15-13-5-3-4-6-14(13)23-16(15)18(21)22-2/h3-10H,1-2H3,(H,19,20). The third kappa shape index (κ3) is 2.96. The maximum Gasteiger partial charge on any atom is 0.350 e. The van der Waals surface area contributed by atoms with Crippen LogP contribution < -0.4 is 5.32 Å². The fourth-order valence-electron chi connectivity index (χ4n) is 2.30. The fraction of sp³-hybridized carbons (Fsp3) is 0.111. The Morgan fingerprint density at radius 3 is 2.43 bits per heavy atom. The van der Waals surface area contributed by atoms with Gasteiger partial charge in [0, 0.05) is 15.6 Å². The molecule has 1 aromatic heterocycles. The summed E-state index contributed by atoms with van der Waals surface area (Å²) in [7, 11) is 1.33. The van der Waals surface area contributed by atoms with Crippen LogP contribution in [0.2, 0.25) is 0 Å². The molecule has 1 amide bonds. The van der Waals surface area contributed by atoms with Gasteiger partial charge >= 0.3 is 5.97 Å². The largest absolute Gasteiger partial charge is 0.465 e. The quantitative estimate of drug-likeness (QED) is 0.733. The molecule has 0 fully saturated rings. The van der Waals surface area contributed by atoms with Crippen LogP contribution in [0.4, 0.5) is 5.69 Å². The van der Waals surface area contributed by atoms with Crippen LogP contribution in [0.25, 0.3) is 10.1 Å². The SMILES string of the molecule is COC(=O)c1sc2ccccc2c1NC(=O)c1ccc(C)cc1. The van der Waals surface area contributed by atoms with Crippen molar-refractivity contribution in [2.24, 2.45) is 0 Å². The summed E-state index contributed by atoms with van der Waals surface area (Å²) in [5, 5.41) is 3.69. The molecule has 0 atom stereocenters. The van der Waals surface area contributed by atoms with E-state index in [4.69, 9.17) is 4.74 Å². The summed E-state index contributed by atoms with van der Waals surface area (Å²) in [6.45, 7) is 1.96. The van der Waals surface area contributed by atoms with E-state index in [2.05, 4.69) is 5.32 Å². The minimum absolute atomic E-state index is 0.251. The second-order valence-corrected chi connectivity index (χ2v) is 6.17. The van der Waals surface area contributed by atoms with Gasteiger partial charge in [-0.2, -0.15) is 0 Å². The van der Waals surface area contributed by atoms with Gasteiger partial charge in [-0.25, -0.2) is 4.79 Å². The maximum atomic E-state index is 12.5. The number of fused-ring (bicyclic) bond motifs is 1. The smallest absolute Gasteiger partial charge is 0.350 e. The molecule has 0 saturated heterocycles. The average Bonchev–Trinajstić information content (AvgIpc) is 2.93. The summed E-state index contributed by atoms with van der Waals surface area (Å²) in [5.41, 5.74) is 2.13. The topological polar surface area (TPSA) is 55.4 Å². The summed E-state index contributed by atoms with van der Waals surface area (Å²) in [6.07, 6.45) is 0. The number of carbonyl (C=O) groups is 2. The maximum absolute atomic E-state index is 12.5. The minimum atomic E-state index is -0.453. The molecule has 116 valence electrons. The Morgan fingerprint density at radius 1 is 1.04 bits per heavy atom. The van der Waals surface area contributed by atoms with Crippen molar-refractivity contribution in [2.75, 3.05) is 12.4 Å². The summed E-state index contributed by atoms with van der Waals surface area (Å²) >= 11 is 1.31. The van der Waals surface area contributed by atoms with Crippen LogP contribution in [0, 0.1) is 6.92 Å². The highest BCUT2D eigenvalue weighted by molar-refractivity contribution is 7.21. The van der Waals surface area contributed by atoms with Crippen molar-refractivity contribution in [3.63, 3.8) is 0 Å². The molecule has 0 aliphatic rings. The van der Waals surface area contributed by atoms with Crippen LogP contribution in [-0.2, 0) is 4.74 Å². The molecular weight excluding hydrogens is 310 g/mol. The lowest BCUT2D eigenvalue weighted by Gasteiger charge is -2.07. The normalized spacial score (nSPS) is 10.5. The lowest BCUT2D eigenvalue weighted by Crippen LogP contribution is -2.14. The average molecular weight is 325 g/mol. The van der Waals surface area contributed by atoms with Crippen molar-refractivity contribution in [1.82, 2.24) is 0 Å². The van der Waals surface area contributed by atoms with E-state index < -0.39 is 5.97 Å². The Hall–Kier alpha value is -2.66. The second-order valence-electron chi connectivity index (χ2n) is 5.11. The third-order valence-corrected chi connectivity index (χ3v) is 4.67. The molecule has 2 aromatic carbocycles. The Kier molecular flexibility index (Phi) is 4.12. The Balaban J connectivity index is 2.02. The van der Waals surface area contributed by atoms with Gasteiger partial charge in [-0.3, -0.25) is 4.79 Å². The minimum Gasteiger partial charge on any atom is -0.465 e. The number of nitrogens with one attached hydrogen (secondary N) is 1. The number of thiophene rings is 1. The van der Waals surface area contributed by atoms with Crippen LogP contribution >= 0.6 is 11.3 Å². The number of methoxy groups -OCH3 is 1. The van der Waals surface area contributed by atoms with Gasteiger partial charge in [-0.05, 0) is 25.1 Å². The predicted octanol–water partition coefficient (Wildman–Crippen LogP) is 4.25. The number of esters is 1. The molecule has 4 nitrogen and oxygen atoms in total. The van der Waals surface area contributed by atoms with Crippen LogP contribution in [0.3, 0.4) is 0 Å². The molecule has 1 heterocycles. The lowest BCUT2D eigenvalue weighted by atomic mass is 10.1. The molecule has 0 aliphatic heterocycles. The zero-order valence-electron chi connectivity index (χ0n) is 12.8. The number of ether oxygens (including phenoxy) is 1. The van der Waals surface area contributed by atoms with Gasteiger partial charge in [0.1, 0.15) is 4.88 Å². The highest BCUT2D eigenvalue weighted by Crippen LogP contribution is 2.36. The third-order valence-electron chi connectivity index (χ3n) is 3.52. The van der Waals surface area contributed by atoms with Gasteiger partial charge in [0.05, 0.1) is 12.8 Å². The number of anilines is 1. The van der Waals surface area contributed by atoms with Crippen molar-refractivity contribution in [2.45, 2.75) is 6.92 Å². The zero-order valence-corrected chi connectivity index (χ0v) is 13.6. The van der Waals surface area contributed by atoms with E-state index in [9.17, 15) is 9.59 Å². The van der Waals surface area contributed by atoms with Gasteiger partial charge in [-0.15, -0.1) is 11.3 Å². The summed E-state index contributed by atoms with van der Waals surface area (Å²) in [5.74, 6) is -0.705. The lowest BCUT2D eigenvalue weighted by molar-refractivity contribution is 0.0607. The molecule has 0 aliphatic carbocycles. The monoisotopic (exact) mass is 325 g/mol. The van der Waals surface area contributed by atoms with E-state index in [0.29, 0.717) is 16.1 Å². The number of rotatable bonds is 3. The first-order valence-electron chi connectivity index (χ1n) is 7.08. The number of hydrogen-bond acceptors (Lipinski definition) is 4. The van der Waals surface area contributed by atoms with E-state index in [1.54, 1.807) is 12.1 Å². The number of amides is 1. The van der Waals surface area contributed by atoms with Gasteiger partial charge < -0.3 is 10.1 Å². The number of hydrogen-bond donors (Lipinski definition) is 1. The van der Waals surface area contributed by atoms with Crippen molar-refractivity contribution < 1.29 is 14.3 Å². The molecule has 0 saturated carbocycles. The van der Waals surface area contributed by atoms with Gasteiger partial charge in [0.2, 0.25) is 0 Å². The van der Waals surface area contributed by atoms with Crippen molar-refractivity contribution >= 4 is 39.0 Å². The molecule has 0 spiro atoms. The zero-order chi connectivity index (χ0) is 16.4. The summed E-state index contributed by atoms with van der Waals surface area (Å²) in [6, 6.07) is 14.8. The fourth-order valence-corrected chi connectivity index (χ4v) is 3.37. The van der Waals surface area contributed by atoms with Crippen LogP contribution in [0.15, 0.2) is 48.5 Å². The molecule has 0 radical (unpaired) electrons. The van der Waals surface area contributed by atoms with E-state index in [0.717, 1.165) is 15.6 Å². The van der Waals surface area contributed by atoms with Gasteiger partial charge in [0.25, 0.3) is 5.91 Å². The van der Waals surface area contributed by atoms with Crippen molar-refractivity contribution in [1.29, 1.82) is 0 Å². The predicted molar refractivity (Wildman–Crippen MR) is 92.3 cm³/mol. The molecule has 0 bridgehead atoms. The molecule has 1 N–H and O–H groups in total.